The van der Waals surface area contributed by atoms with Gasteiger partial charge >= 0.3 is 0 Å². The second-order valence-corrected chi connectivity index (χ2v) is 5.68. The fourth-order valence-corrected chi connectivity index (χ4v) is 2.36. The second kappa shape index (κ2) is 8.65. The Labute approximate surface area is 147 Å². The fourth-order valence-electron chi connectivity index (χ4n) is 2.36. The van der Waals surface area contributed by atoms with Crippen LogP contribution >= 0.6 is 0 Å². The largest absolute Gasteiger partial charge is 0.481 e. The number of nitrogens with one attached hydrogen (secondary N) is 1. The molecule has 2 aromatic carbocycles. The van der Waals surface area contributed by atoms with Crippen molar-refractivity contribution in [1.29, 1.82) is 5.26 Å². The highest BCUT2D eigenvalue weighted by atomic mass is 16.5. The highest BCUT2D eigenvalue weighted by molar-refractivity contribution is 5.94. The summed E-state index contributed by atoms with van der Waals surface area (Å²) in [5, 5.41) is 11.8. The number of Topliss-reactive ketones (excluding diaryl/α,β-unsaturated/α-hetero) is 1. The number of nitrogens with zero attached hydrogens (tertiary/aromatic N) is 1. The van der Waals surface area contributed by atoms with E-state index in [2.05, 4.69) is 11.4 Å². The van der Waals surface area contributed by atoms with Crippen LogP contribution in [0.3, 0.4) is 0 Å². The van der Waals surface area contributed by atoms with E-state index in [1.165, 1.54) is 6.92 Å². The van der Waals surface area contributed by atoms with E-state index in [4.69, 9.17) is 10.00 Å². The van der Waals surface area contributed by atoms with Crippen molar-refractivity contribution in [1.82, 2.24) is 5.32 Å². The minimum absolute atomic E-state index is 0.0688. The number of rotatable bonds is 7. The summed E-state index contributed by atoms with van der Waals surface area (Å²) < 4.78 is 5.63. The van der Waals surface area contributed by atoms with Gasteiger partial charge in [-0.2, -0.15) is 5.26 Å². The molecule has 2 atom stereocenters. The molecule has 25 heavy (non-hydrogen) atoms. The van der Waals surface area contributed by atoms with Crippen molar-refractivity contribution < 1.29 is 14.3 Å². The molecule has 0 aliphatic heterocycles. The first kappa shape index (κ1) is 18.2. The Morgan fingerprint density at radius 3 is 2.52 bits per heavy atom. The molecule has 0 heterocycles. The Kier molecular flexibility index (Phi) is 6.30. The maximum atomic E-state index is 12.4. The third-order valence-electron chi connectivity index (χ3n) is 3.74. The molecule has 0 saturated carbocycles. The molecule has 0 radical (unpaired) electrons. The van der Waals surface area contributed by atoms with Crippen LogP contribution in [0.2, 0.25) is 0 Å². The SMILES string of the molecule is CC(=O)c1cccc(O[C@H](C)C(=O)N[C@@H](CC#N)c2ccccc2)c1. The van der Waals surface area contributed by atoms with Gasteiger partial charge in [0.1, 0.15) is 5.75 Å². The van der Waals surface area contributed by atoms with Gasteiger partial charge in [-0.25, -0.2) is 0 Å². The molecule has 0 unspecified atom stereocenters. The molecule has 0 aliphatic rings. The maximum absolute atomic E-state index is 12.4. The van der Waals surface area contributed by atoms with Crippen molar-refractivity contribution in [3.63, 3.8) is 0 Å². The summed E-state index contributed by atoms with van der Waals surface area (Å²) in [5.74, 6) is 0.0601. The van der Waals surface area contributed by atoms with E-state index in [0.717, 1.165) is 5.56 Å². The third kappa shape index (κ3) is 5.18. The first-order valence-corrected chi connectivity index (χ1v) is 8.01. The lowest BCUT2D eigenvalue weighted by molar-refractivity contribution is -0.128. The lowest BCUT2D eigenvalue weighted by Crippen LogP contribution is -2.38. The fraction of sp³-hybridized carbons (Fsp3) is 0.250. The number of ketones is 1. The van der Waals surface area contributed by atoms with Crippen LogP contribution in [0.15, 0.2) is 54.6 Å². The Morgan fingerprint density at radius 1 is 1.16 bits per heavy atom. The molecule has 128 valence electrons. The number of nitriles is 1. The normalized spacial score (nSPS) is 12.5. The summed E-state index contributed by atoms with van der Waals surface area (Å²) in [6.07, 6.45) is -0.588. The monoisotopic (exact) mass is 336 g/mol. The summed E-state index contributed by atoms with van der Waals surface area (Å²) in [4.78, 5) is 23.8. The molecule has 1 N–H and O–H groups in total. The van der Waals surface area contributed by atoms with Gasteiger partial charge in [0, 0.05) is 5.56 Å². The maximum Gasteiger partial charge on any atom is 0.261 e. The van der Waals surface area contributed by atoms with Crippen LogP contribution in [0.5, 0.6) is 5.75 Å². The Bertz CT molecular complexity index is 781. The second-order valence-electron chi connectivity index (χ2n) is 5.68. The van der Waals surface area contributed by atoms with Gasteiger partial charge in [-0.3, -0.25) is 9.59 Å². The van der Waals surface area contributed by atoms with Crippen molar-refractivity contribution in [3.05, 3.63) is 65.7 Å². The molecule has 0 saturated heterocycles. The predicted octanol–water partition coefficient (Wildman–Crippen LogP) is 3.43. The van der Waals surface area contributed by atoms with E-state index in [-0.39, 0.29) is 18.1 Å². The quantitative estimate of drug-likeness (QED) is 0.786. The number of carbonyl (C=O) groups excluding carboxylic acids is 2. The van der Waals surface area contributed by atoms with Crippen molar-refractivity contribution >= 4 is 11.7 Å². The van der Waals surface area contributed by atoms with E-state index >= 15 is 0 Å². The predicted molar refractivity (Wildman–Crippen MR) is 94.1 cm³/mol. The number of benzene rings is 2. The summed E-state index contributed by atoms with van der Waals surface area (Å²) in [6.45, 7) is 3.10. The van der Waals surface area contributed by atoms with Crippen LogP contribution in [-0.4, -0.2) is 17.8 Å². The topological polar surface area (TPSA) is 79.2 Å². The highest BCUT2D eigenvalue weighted by Gasteiger charge is 2.20. The van der Waals surface area contributed by atoms with Gasteiger partial charge in [-0.15, -0.1) is 0 Å². The van der Waals surface area contributed by atoms with Gasteiger partial charge in [-0.1, -0.05) is 42.5 Å². The molecule has 0 aliphatic carbocycles. The van der Waals surface area contributed by atoms with Crippen LogP contribution in [0, 0.1) is 11.3 Å². The number of amides is 1. The molecule has 0 aromatic heterocycles. The van der Waals surface area contributed by atoms with Gasteiger partial charge in [0.05, 0.1) is 18.5 Å². The molecule has 2 aromatic rings. The molecular weight excluding hydrogens is 316 g/mol. The standard InChI is InChI=1S/C20H20N2O3/c1-14(23)17-9-6-10-18(13-17)25-15(2)20(24)22-19(11-12-21)16-7-4-3-5-8-16/h3-10,13,15,19H,11H2,1-2H3,(H,22,24)/t15-,19+/m1/s1. The minimum atomic E-state index is -0.757. The number of hydrogen-bond donors (Lipinski definition) is 1. The Morgan fingerprint density at radius 2 is 1.88 bits per heavy atom. The Hall–Kier alpha value is -3.13. The summed E-state index contributed by atoms with van der Waals surface area (Å²) >= 11 is 0. The number of ether oxygens (including phenoxy) is 1. The molecule has 2 rings (SSSR count). The van der Waals surface area contributed by atoms with E-state index in [1.807, 2.05) is 30.3 Å². The summed E-state index contributed by atoms with van der Waals surface area (Å²) in [5.41, 5.74) is 1.39. The lowest BCUT2D eigenvalue weighted by Gasteiger charge is -2.20. The average molecular weight is 336 g/mol. The van der Waals surface area contributed by atoms with E-state index in [0.29, 0.717) is 11.3 Å². The minimum Gasteiger partial charge on any atom is -0.481 e. The molecule has 0 bridgehead atoms. The van der Waals surface area contributed by atoms with Crippen molar-refractivity contribution in [2.45, 2.75) is 32.4 Å². The van der Waals surface area contributed by atoms with Crippen molar-refractivity contribution in [2.75, 3.05) is 0 Å². The van der Waals surface area contributed by atoms with E-state index < -0.39 is 12.1 Å². The van der Waals surface area contributed by atoms with Gasteiger partial charge in [0.2, 0.25) is 0 Å². The zero-order valence-corrected chi connectivity index (χ0v) is 14.2. The van der Waals surface area contributed by atoms with E-state index in [9.17, 15) is 9.59 Å². The molecule has 5 heteroatoms. The van der Waals surface area contributed by atoms with Crippen molar-refractivity contribution in [2.24, 2.45) is 0 Å². The van der Waals surface area contributed by atoms with Gasteiger partial charge in [0.25, 0.3) is 5.91 Å². The van der Waals surface area contributed by atoms with Crippen LogP contribution in [-0.2, 0) is 4.79 Å². The first-order valence-electron chi connectivity index (χ1n) is 8.01. The highest BCUT2D eigenvalue weighted by Crippen LogP contribution is 2.18. The van der Waals surface area contributed by atoms with Crippen LogP contribution in [0.1, 0.15) is 42.2 Å². The molecule has 0 fully saturated rings. The summed E-state index contributed by atoms with van der Waals surface area (Å²) in [7, 11) is 0. The van der Waals surface area contributed by atoms with Crippen LogP contribution < -0.4 is 10.1 Å². The first-order chi connectivity index (χ1) is 12.0. The molecule has 0 spiro atoms. The number of hydrogen-bond acceptors (Lipinski definition) is 4. The number of carbonyl (C=O) groups is 2. The Balaban J connectivity index is 2.05. The third-order valence-corrected chi connectivity index (χ3v) is 3.74. The average Bonchev–Trinajstić information content (AvgIpc) is 2.62. The molecule has 5 nitrogen and oxygen atoms in total. The molecule has 1 amide bonds. The summed E-state index contributed by atoms with van der Waals surface area (Å²) in [6, 6.07) is 17.7. The molecular formula is C20H20N2O3. The van der Waals surface area contributed by atoms with Gasteiger partial charge in [-0.05, 0) is 31.5 Å². The van der Waals surface area contributed by atoms with Crippen LogP contribution in [0.25, 0.3) is 0 Å². The lowest BCUT2D eigenvalue weighted by atomic mass is 10.0. The van der Waals surface area contributed by atoms with Crippen LogP contribution in [0.4, 0.5) is 0 Å². The van der Waals surface area contributed by atoms with Gasteiger partial charge in [0.15, 0.2) is 11.9 Å². The zero-order valence-electron chi connectivity index (χ0n) is 14.2. The van der Waals surface area contributed by atoms with Crippen molar-refractivity contribution in [3.8, 4) is 11.8 Å². The van der Waals surface area contributed by atoms with E-state index in [1.54, 1.807) is 31.2 Å². The van der Waals surface area contributed by atoms with Gasteiger partial charge < -0.3 is 10.1 Å². The zero-order chi connectivity index (χ0) is 18.2. The smallest absolute Gasteiger partial charge is 0.261 e.